The molecule has 5 nitrogen and oxygen atoms in total. The number of halogens is 4. The number of hydrogen-bond donors (Lipinski definition) is 2. The van der Waals surface area contributed by atoms with Crippen LogP contribution in [0, 0.1) is 0 Å². The zero-order valence-electron chi connectivity index (χ0n) is 15.2. The Kier molecular flexibility index (Phi) is 12.4. The van der Waals surface area contributed by atoms with Crippen LogP contribution < -0.4 is 15.4 Å². The van der Waals surface area contributed by atoms with Gasteiger partial charge in [0, 0.05) is 25.3 Å². The molecular weight excluding hydrogens is 462 g/mol. The summed E-state index contributed by atoms with van der Waals surface area (Å²) in [6, 6.07) is 5.98. The summed E-state index contributed by atoms with van der Waals surface area (Å²) in [6.45, 7) is 7.86. The zero-order valence-corrected chi connectivity index (χ0v) is 17.6. The second-order valence-corrected chi connectivity index (χ2v) is 5.55. The van der Waals surface area contributed by atoms with Crippen molar-refractivity contribution in [2.24, 2.45) is 4.99 Å². The summed E-state index contributed by atoms with van der Waals surface area (Å²) in [5, 5.41) is 6.18. The Morgan fingerprint density at radius 2 is 1.88 bits per heavy atom. The van der Waals surface area contributed by atoms with Crippen molar-refractivity contribution in [3.63, 3.8) is 0 Å². The van der Waals surface area contributed by atoms with Gasteiger partial charge in [0.2, 0.25) is 0 Å². The summed E-state index contributed by atoms with van der Waals surface area (Å²) in [5.41, 5.74) is 0.361. The summed E-state index contributed by atoms with van der Waals surface area (Å²) < 4.78 is 46.8. The van der Waals surface area contributed by atoms with Crippen LogP contribution in [-0.2, 0) is 11.3 Å². The van der Waals surface area contributed by atoms with Gasteiger partial charge in [-0.2, -0.15) is 0 Å². The normalized spacial score (nSPS) is 11.9. The lowest BCUT2D eigenvalue weighted by atomic mass is 10.2. The number of alkyl halides is 3. The Balaban J connectivity index is 0.00000625. The van der Waals surface area contributed by atoms with Gasteiger partial charge in [0.1, 0.15) is 5.75 Å². The highest BCUT2D eigenvalue weighted by Gasteiger charge is 2.31. The van der Waals surface area contributed by atoms with Crippen LogP contribution in [0.15, 0.2) is 29.3 Å². The minimum atomic E-state index is -4.72. The van der Waals surface area contributed by atoms with Gasteiger partial charge in [-0.1, -0.05) is 18.2 Å². The van der Waals surface area contributed by atoms with Gasteiger partial charge in [-0.25, -0.2) is 4.99 Å². The van der Waals surface area contributed by atoms with E-state index in [-0.39, 0.29) is 42.4 Å². The fourth-order valence-electron chi connectivity index (χ4n) is 1.96. The molecule has 0 radical (unpaired) electrons. The van der Waals surface area contributed by atoms with Gasteiger partial charge < -0.3 is 20.1 Å². The van der Waals surface area contributed by atoms with E-state index in [1.807, 2.05) is 20.8 Å². The van der Waals surface area contributed by atoms with Crippen molar-refractivity contribution in [1.29, 1.82) is 0 Å². The molecule has 0 atom stereocenters. The van der Waals surface area contributed by atoms with Gasteiger partial charge >= 0.3 is 6.36 Å². The smallest absolute Gasteiger partial charge is 0.405 e. The standard InChI is InChI=1S/C17H26F3N3O2.HI/c1-4-21-16(22-10-7-11-24-13(2)3)23-12-14-8-5-6-9-15(14)25-17(18,19)20;/h5-6,8-9,13H,4,7,10-12H2,1-3H3,(H2,21,22,23);1H. The van der Waals surface area contributed by atoms with E-state index in [9.17, 15) is 13.2 Å². The highest BCUT2D eigenvalue weighted by atomic mass is 127. The molecule has 0 unspecified atom stereocenters. The fourth-order valence-corrected chi connectivity index (χ4v) is 1.96. The van der Waals surface area contributed by atoms with Crippen molar-refractivity contribution in [3.8, 4) is 5.75 Å². The average molecular weight is 489 g/mol. The predicted octanol–water partition coefficient (Wildman–Crippen LogP) is 4.07. The van der Waals surface area contributed by atoms with Crippen molar-refractivity contribution in [1.82, 2.24) is 10.6 Å². The van der Waals surface area contributed by atoms with Crippen LogP contribution >= 0.6 is 24.0 Å². The number of nitrogens with one attached hydrogen (secondary N) is 2. The first kappa shape index (κ1) is 24.8. The molecule has 0 heterocycles. The molecule has 0 aliphatic heterocycles. The van der Waals surface area contributed by atoms with Crippen LogP contribution in [0.3, 0.4) is 0 Å². The average Bonchev–Trinajstić information content (AvgIpc) is 2.51. The maximum absolute atomic E-state index is 12.4. The Bertz CT molecular complexity index is 540. The Hall–Kier alpha value is -1.23. The largest absolute Gasteiger partial charge is 0.573 e. The van der Waals surface area contributed by atoms with Gasteiger partial charge in [0.05, 0.1) is 12.6 Å². The molecule has 0 saturated carbocycles. The Morgan fingerprint density at radius 1 is 1.19 bits per heavy atom. The zero-order chi connectivity index (χ0) is 18.7. The third-order valence-electron chi connectivity index (χ3n) is 3.01. The van der Waals surface area contributed by atoms with Crippen LogP contribution in [0.2, 0.25) is 0 Å². The van der Waals surface area contributed by atoms with Crippen molar-refractivity contribution in [3.05, 3.63) is 29.8 Å². The molecule has 1 aromatic carbocycles. The predicted molar refractivity (Wildman–Crippen MR) is 107 cm³/mol. The molecule has 26 heavy (non-hydrogen) atoms. The number of benzene rings is 1. The number of nitrogens with zero attached hydrogens (tertiary/aromatic N) is 1. The van der Waals surface area contributed by atoms with Crippen LogP contribution in [0.5, 0.6) is 5.75 Å². The lowest BCUT2D eigenvalue weighted by molar-refractivity contribution is -0.274. The minimum absolute atomic E-state index is 0. The molecule has 0 saturated heterocycles. The van der Waals surface area contributed by atoms with Crippen LogP contribution in [0.1, 0.15) is 32.8 Å². The maximum atomic E-state index is 12.4. The molecular formula is C17H27F3IN3O2. The van der Waals surface area contributed by atoms with Crippen molar-refractivity contribution in [2.75, 3.05) is 19.7 Å². The SMILES string of the molecule is CCNC(=NCc1ccccc1OC(F)(F)F)NCCCOC(C)C.I. The van der Waals surface area contributed by atoms with E-state index >= 15 is 0 Å². The highest BCUT2D eigenvalue weighted by Crippen LogP contribution is 2.26. The Labute approximate surface area is 169 Å². The van der Waals surface area contributed by atoms with Crippen molar-refractivity contribution >= 4 is 29.9 Å². The van der Waals surface area contributed by atoms with Gasteiger partial charge in [0.15, 0.2) is 5.96 Å². The molecule has 0 spiro atoms. The van der Waals surface area contributed by atoms with Crippen LogP contribution in [0.25, 0.3) is 0 Å². The number of hydrogen-bond acceptors (Lipinski definition) is 3. The maximum Gasteiger partial charge on any atom is 0.573 e. The molecule has 0 amide bonds. The molecule has 9 heteroatoms. The van der Waals surface area contributed by atoms with E-state index < -0.39 is 6.36 Å². The van der Waals surface area contributed by atoms with E-state index in [1.54, 1.807) is 12.1 Å². The Morgan fingerprint density at radius 3 is 2.50 bits per heavy atom. The van der Waals surface area contributed by atoms with Gasteiger partial charge in [-0.3, -0.25) is 0 Å². The third kappa shape index (κ3) is 11.4. The second kappa shape index (κ2) is 13.0. The van der Waals surface area contributed by atoms with Gasteiger partial charge in [0.25, 0.3) is 0 Å². The first-order valence-electron chi connectivity index (χ1n) is 8.29. The molecule has 150 valence electrons. The molecule has 0 fully saturated rings. The fraction of sp³-hybridized carbons (Fsp3) is 0.588. The van der Waals surface area contributed by atoms with E-state index in [1.165, 1.54) is 12.1 Å². The third-order valence-corrected chi connectivity index (χ3v) is 3.01. The lowest BCUT2D eigenvalue weighted by Gasteiger charge is -2.14. The van der Waals surface area contributed by atoms with Gasteiger partial charge in [-0.15, -0.1) is 37.1 Å². The van der Waals surface area contributed by atoms with Crippen LogP contribution in [-0.4, -0.2) is 38.1 Å². The molecule has 2 N–H and O–H groups in total. The first-order valence-corrected chi connectivity index (χ1v) is 8.29. The van der Waals surface area contributed by atoms with E-state index in [0.29, 0.717) is 31.2 Å². The molecule has 0 aliphatic rings. The summed E-state index contributed by atoms with van der Waals surface area (Å²) in [4.78, 5) is 4.31. The number of rotatable bonds is 9. The first-order chi connectivity index (χ1) is 11.8. The quantitative estimate of drug-likeness (QED) is 0.238. The number of guanidine groups is 1. The highest BCUT2D eigenvalue weighted by molar-refractivity contribution is 14.0. The molecule has 1 aromatic rings. The lowest BCUT2D eigenvalue weighted by Crippen LogP contribution is -2.38. The molecule has 0 aliphatic carbocycles. The second-order valence-electron chi connectivity index (χ2n) is 5.55. The number of para-hydroxylation sites is 1. The number of aliphatic imine (C=N–C) groups is 1. The minimum Gasteiger partial charge on any atom is -0.405 e. The molecule has 0 aromatic heterocycles. The topological polar surface area (TPSA) is 54.9 Å². The summed E-state index contributed by atoms with van der Waals surface area (Å²) in [6.07, 6.45) is -3.73. The number of ether oxygens (including phenoxy) is 2. The van der Waals surface area contributed by atoms with E-state index in [2.05, 4.69) is 20.4 Å². The molecule has 0 bridgehead atoms. The van der Waals surface area contributed by atoms with Crippen molar-refractivity contribution < 1.29 is 22.6 Å². The van der Waals surface area contributed by atoms with Gasteiger partial charge in [-0.05, 0) is 33.3 Å². The van der Waals surface area contributed by atoms with Crippen LogP contribution in [0.4, 0.5) is 13.2 Å². The summed E-state index contributed by atoms with van der Waals surface area (Å²) in [7, 11) is 0. The van der Waals surface area contributed by atoms with E-state index in [0.717, 1.165) is 6.42 Å². The molecule has 1 rings (SSSR count). The van der Waals surface area contributed by atoms with Crippen molar-refractivity contribution in [2.45, 2.75) is 46.2 Å². The monoisotopic (exact) mass is 489 g/mol. The summed E-state index contributed by atoms with van der Waals surface area (Å²) in [5.74, 6) is 0.300. The van der Waals surface area contributed by atoms with E-state index in [4.69, 9.17) is 4.74 Å². The summed E-state index contributed by atoms with van der Waals surface area (Å²) >= 11 is 0.